The summed E-state index contributed by atoms with van der Waals surface area (Å²) in [6.45, 7) is 5.92. The van der Waals surface area contributed by atoms with Crippen LogP contribution in [0.4, 0.5) is 10.7 Å². The molecule has 1 fully saturated rings. The van der Waals surface area contributed by atoms with E-state index in [1.807, 2.05) is 44.3 Å². The monoisotopic (exact) mass is 423 g/mol. The molecule has 2 amide bonds. The number of benzene rings is 1. The van der Waals surface area contributed by atoms with E-state index in [1.165, 1.54) is 0 Å². The zero-order valence-corrected chi connectivity index (χ0v) is 18.0. The Balaban J connectivity index is 1.32. The van der Waals surface area contributed by atoms with Crippen molar-refractivity contribution in [1.29, 1.82) is 0 Å². The fraction of sp³-hybridized carbons (Fsp3) is 0.522. The van der Waals surface area contributed by atoms with Crippen molar-refractivity contribution in [1.82, 2.24) is 20.2 Å². The summed E-state index contributed by atoms with van der Waals surface area (Å²) in [5, 5.41) is 17.0. The summed E-state index contributed by atoms with van der Waals surface area (Å²) in [7, 11) is 0. The molecule has 2 unspecified atom stereocenters. The van der Waals surface area contributed by atoms with E-state index in [-0.39, 0.29) is 6.03 Å². The Bertz CT molecular complexity index is 989. The molecule has 0 spiro atoms. The predicted octanol–water partition coefficient (Wildman–Crippen LogP) is 2.49. The van der Waals surface area contributed by atoms with Gasteiger partial charge in [-0.3, -0.25) is 0 Å². The SMILES string of the molecule is CC1(C)c2cnc(NC3CCOCC3)nc2CN1C(=O)NC1c2ccccc2CC1O. The molecule has 164 valence electrons. The number of hydrogen-bond donors (Lipinski definition) is 3. The first kappa shape index (κ1) is 20.2. The zero-order chi connectivity index (χ0) is 21.6. The van der Waals surface area contributed by atoms with E-state index in [9.17, 15) is 9.90 Å². The van der Waals surface area contributed by atoms with Crippen molar-refractivity contribution in [3.63, 3.8) is 0 Å². The van der Waals surface area contributed by atoms with Gasteiger partial charge in [0.05, 0.1) is 29.9 Å². The summed E-state index contributed by atoms with van der Waals surface area (Å²) in [6, 6.07) is 7.57. The van der Waals surface area contributed by atoms with Crippen LogP contribution in [-0.2, 0) is 23.2 Å². The molecule has 3 N–H and O–H groups in total. The quantitative estimate of drug-likeness (QED) is 0.702. The van der Waals surface area contributed by atoms with E-state index in [4.69, 9.17) is 9.72 Å². The Labute approximate surface area is 182 Å². The molecule has 8 heteroatoms. The van der Waals surface area contributed by atoms with Crippen molar-refractivity contribution in [2.75, 3.05) is 18.5 Å². The van der Waals surface area contributed by atoms with Crippen LogP contribution < -0.4 is 10.6 Å². The van der Waals surface area contributed by atoms with E-state index in [0.29, 0.717) is 25.0 Å². The number of aliphatic hydroxyl groups is 1. The van der Waals surface area contributed by atoms with Gasteiger partial charge in [0.25, 0.3) is 0 Å². The van der Waals surface area contributed by atoms with Gasteiger partial charge in [0.15, 0.2) is 0 Å². The lowest BCUT2D eigenvalue weighted by atomic mass is 9.97. The number of aliphatic hydroxyl groups excluding tert-OH is 1. The van der Waals surface area contributed by atoms with E-state index in [1.54, 1.807) is 4.90 Å². The number of urea groups is 1. The number of anilines is 1. The summed E-state index contributed by atoms with van der Waals surface area (Å²) >= 11 is 0. The number of carbonyl (C=O) groups is 1. The molecule has 0 bridgehead atoms. The van der Waals surface area contributed by atoms with E-state index < -0.39 is 17.7 Å². The zero-order valence-electron chi connectivity index (χ0n) is 18.0. The molecule has 1 aromatic carbocycles. The van der Waals surface area contributed by atoms with Gasteiger partial charge in [-0.25, -0.2) is 14.8 Å². The Morgan fingerprint density at radius 2 is 2.03 bits per heavy atom. The fourth-order valence-electron chi connectivity index (χ4n) is 4.92. The number of carbonyl (C=O) groups excluding carboxylic acids is 1. The molecule has 1 aliphatic carbocycles. The van der Waals surface area contributed by atoms with Crippen molar-refractivity contribution in [3.05, 3.63) is 52.8 Å². The van der Waals surface area contributed by atoms with E-state index in [0.717, 1.165) is 48.4 Å². The highest BCUT2D eigenvalue weighted by Crippen LogP contribution is 2.39. The second-order valence-electron chi connectivity index (χ2n) is 9.13. The number of aromatic nitrogens is 2. The second kappa shape index (κ2) is 7.76. The normalized spacial score (nSPS) is 24.5. The molecule has 0 radical (unpaired) electrons. The molecule has 3 heterocycles. The summed E-state index contributed by atoms with van der Waals surface area (Å²) in [5.41, 5.74) is 3.34. The lowest BCUT2D eigenvalue weighted by Crippen LogP contribution is -2.48. The second-order valence-corrected chi connectivity index (χ2v) is 9.13. The number of nitrogens with one attached hydrogen (secondary N) is 2. The van der Waals surface area contributed by atoms with Gasteiger partial charge in [-0.1, -0.05) is 24.3 Å². The van der Waals surface area contributed by atoms with Gasteiger partial charge in [0.1, 0.15) is 0 Å². The molecular weight excluding hydrogens is 394 g/mol. The number of rotatable bonds is 3. The van der Waals surface area contributed by atoms with Crippen molar-refractivity contribution in [2.24, 2.45) is 0 Å². The molecule has 5 rings (SSSR count). The van der Waals surface area contributed by atoms with Crippen LogP contribution in [0.15, 0.2) is 30.5 Å². The minimum Gasteiger partial charge on any atom is -0.390 e. The molecule has 31 heavy (non-hydrogen) atoms. The first-order chi connectivity index (χ1) is 14.9. The van der Waals surface area contributed by atoms with Gasteiger partial charge in [-0.15, -0.1) is 0 Å². The summed E-state index contributed by atoms with van der Waals surface area (Å²) < 4.78 is 5.41. The lowest BCUT2D eigenvalue weighted by Gasteiger charge is -2.33. The highest BCUT2D eigenvalue weighted by molar-refractivity contribution is 5.77. The maximum Gasteiger partial charge on any atom is 0.319 e. The number of ether oxygens (including phenoxy) is 1. The van der Waals surface area contributed by atoms with Gasteiger partial charge in [0, 0.05) is 37.4 Å². The molecule has 2 aliphatic heterocycles. The smallest absolute Gasteiger partial charge is 0.319 e. The third kappa shape index (κ3) is 3.64. The van der Waals surface area contributed by atoms with Gasteiger partial charge in [0.2, 0.25) is 5.95 Å². The average Bonchev–Trinajstić information content (AvgIpc) is 3.21. The highest BCUT2D eigenvalue weighted by Gasteiger charge is 2.43. The fourth-order valence-corrected chi connectivity index (χ4v) is 4.92. The van der Waals surface area contributed by atoms with E-state index >= 15 is 0 Å². The largest absolute Gasteiger partial charge is 0.390 e. The van der Waals surface area contributed by atoms with Gasteiger partial charge < -0.3 is 25.4 Å². The number of amides is 2. The summed E-state index contributed by atoms with van der Waals surface area (Å²) in [6.07, 6.45) is 3.63. The number of hydrogen-bond acceptors (Lipinski definition) is 6. The first-order valence-electron chi connectivity index (χ1n) is 11.0. The standard InChI is InChI=1S/C23H29N5O3/c1-23(2)17-12-24-21(25-15-7-9-31-10-8-15)26-18(17)13-28(23)22(30)27-20-16-6-4-3-5-14(16)11-19(20)29/h3-6,12,15,19-20,29H,7-11,13H2,1-2H3,(H,27,30)(H,24,25,26). The topological polar surface area (TPSA) is 99.6 Å². The Kier molecular flexibility index (Phi) is 5.06. The highest BCUT2D eigenvalue weighted by atomic mass is 16.5. The minimum atomic E-state index is -0.621. The van der Waals surface area contributed by atoms with Crippen LogP contribution in [0.25, 0.3) is 0 Å². The van der Waals surface area contributed by atoms with Crippen LogP contribution >= 0.6 is 0 Å². The molecule has 1 aromatic heterocycles. The van der Waals surface area contributed by atoms with Crippen molar-refractivity contribution in [2.45, 2.75) is 63.4 Å². The van der Waals surface area contributed by atoms with Crippen molar-refractivity contribution >= 4 is 12.0 Å². The minimum absolute atomic E-state index is 0.206. The van der Waals surface area contributed by atoms with E-state index in [2.05, 4.69) is 15.6 Å². The molecule has 2 atom stereocenters. The molecule has 8 nitrogen and oxygen atoms in total. The predicted molar refractivity (Wildman–Crippen MR) is 115 cm³/mol. The summed E-state index contributed by atoms with van der Waals surface area (Å²) in [4.78, 5) is 24.3. The van der Waals surface area contributed by atoms with Crippen molar-refractivity contribution < 1.29 is 14.6 Å². The maximum atomic E-state index is 13.3. The van der Waals surface area contributed by atoms with Crippen LogP contribution in [0.2, 0.25) is 0 Å². The van der Waals surface area contributed by atoms with Crippen LogP contribution in [0, 0.1) is 0 Å². The summed E-state index contributed by atoms with van der Waals surface area (Å²) in [5.74, 6) is 0.601. The number of fused-ring (bicyclic) bond motifs is 2. The molecule has 3 aliphatic rings. The Morgan fingerprint density at radius 1 is 1.26 bits per heavy atom. The molecular formula is C23H29N5O3. The first-order valence-corrected chi connectivity index (χ1v) is 11.0. The van der Waals surface area contributed by atoms with Gasteiger partial charge in [-0.2, -0.15) is 0 Å². The van der Waals surface area contributed by atoms with Gasteiger partial charge >= 0.3 is 6.03 Å². The molecule has 2 aromatic rings. The van der Waals surface area contributed by atoms with Crippen molar-refractivity contribution in [3.8, 4) is 0 Å². The van der Waals surface area contributed by atoms with Crippen LogP contribution in [0.5, 0.6) is 0 Å². The molecule has 0 saturated carbocycles. The average molecular weight is 424 g/mol. The Hall–Kier alpha value is -2.71. The van der Waals surface area contributed by atoms with Crippen LogP contribution in [0.3, 0.4) is 0 Å². The van der Waals surface area contributed by atoms with Gasteiger partial charge in [-0.05, 0) is 37.8 Å². The lowest BCUT2D eigenvalue weighted by molar-refractivity contribution is 0.0903. The van der Waals surface area contributed by atoms with Crippen LogP contribution in [-0.4, -0.2) is 51.4 Å². The maximum absolute atomic E-state index is 13.3. The molecule has 1 saturated heterocycles. The number of nitrogens with zero attached hydrogens (tertiary/aromatic N) is 3. The van der Waals surface area contributed by atoms with Crippen LogP contribution in [0.1, 0.15) is 55.1 Å². The third-order valence-electron chi connectivity index (χ3n) is 6.79. The Morgan fingerprint density at radius 3 is 2.84 bits per heavy atom. The third-order valence-corrected chi connectivity index (χ3v) is 6.79.